The number of carbonyl (C=O) groups is 1. The van der Waals surface area contributed by atoms with Crippen LogP contribution in [0, 0.1) is 0 Å². The van der Waals surface area contributed by atoms with Crippen molar-refractivity contribution in [2.45, 2.75) is 25.3 Å². The van der Waals surface area contributed by atoms with Crippen molar-refractivity contribution in [2.75, 3.05) is 19.3 Å². The quantitative estimate of drug-likeness (QED) is 0.762. The van der Waals surface area contributed by atoms with Crippen LogP contribution < -0.4 is 0 Å². The molecule has 1 fully saturated rings. The molecule has 3 rings (SSSR count). The van der Waals surface area contributed by atoms with Gasteiger partial charge < -0.3 is 9.64 Å². The fourth-order valence-electron chi connectivity index (χ4n) is 2.95. The lowest BCUT2D eigenvalue weighted by Crippen LogP contribution is -2.48. The summed E-state index contributed by atoms with van der Waals surface area (Å²) in [4.78, 5) is 13.4. The Morgan fingerprint density at radius 2 is 1.96 bits per heavy atom. The molecule has 1 amide bonds. The van der Waals surface area contributed by atoms with E-state index in [1.807, 2.05) is 42.5 Å². The predicted octanol–water partition coefficient (Wildman–Crippen LogP) is 2.87. The van der Waals surface area contributed by atoms with Crippen LogP contribution in [0.4, 0.5) is 9.18 Å². The molecule has 26 heavy (non-hydrogen) atoms. The van der Waals surface area contributed by atoms with Gasteiger partial charge in [-0.15, -0.1) is 0 Å². The Kier molecular flexibility index (Phi) is 5.43. The first kappa shape index (κ1) is 18.6. The second-order valence-electron chi connectivity index (χ2n) is 6.33. The molecule has 0 spiro atoms. The average molecular weight is 381 g/mol. The third-order valence-electron chi connectivity index (χ3n) is 4.21. The fraction of sp³-hybridized carbons (Fsp3) is 0.389. The topological polar surface area (TPSA) is 72.9 Å². The first-order chi connectivity index (χ1) is 12.3. The maximum atomic E-state index is 14.1. The Bertz CT molecular complexity index is 901. The molecule has 0 unspecified atom stereocenters. The minimum atomic E-state index is -3.73. The molecule has 2 atom stereocenters. The minimum absolute atomic E-state index is 0.0837. The van der Waals surface area contributed by atoms with Gasteiger partial charge in [-0.05, 0) is 28.8 Å². The van der Waals surface area contributed by atoms with Crippen LogP contribution in [0.25, 0.3) is 10.8 Å². The number of likely N-dealkylation sites (tertiary alicyclic amines) is 1. The van der Waals surface area contributed by atoms with Gasteiger partial charge in [0.2, 0.25) is 0 Å². The van der Waals surface area contributed by atoms with E-state index in [4.69, 9.17) is 8.92 Å². The van der Waals surface area contributed by atoms with E-state index < -0.39 is 28.5 Å². The van der Waals surface area contributed by atoms with Crippen LogP contribution in [0.2, 0.25) is 0 Å². The summed E-state index contributed by atoms with van der Waals surface area (Å²) in [5, 5.41) is 2.14. The van der Waals surface area contributed by atoms with E-state index in [0.29, 0.717) is 0 Å². The summed E-state index contributed by atoms with van der Waals surface area (Å²) in [5.41, 5.74) is 0.837. The van der Waals surface area contributed by atoms with Gasteiger partial charge in [-0.3, -0.25) is 4.18 Å². The van der Waals surface area contributed by atoms with Crippen molar-refractivity contribution in [3.05, 3.63) is 48.0 Å². The first-order valence-electron chi connectivity index (χ1n) is 8.23. The van der Waals surface area contributed by atoms with Gasteiger partial charge in [-0.25, -0.2) is 9.18 Å². The molecule has 0 N–H and O–H groups in total. The highest BCUT2D eigenvalue weighted by atomic mass is 32.2. The molecule has 8 heteroatoms. The maximum absolute atomic E-state index is 14.1. The van der Waals surface area contributed by atoms with Crippen molar-refractivity contribution in [3.63, 3.8) is 0 Å². The number of ether oxygens (including phenoxy) is 1. The molecular formula is C18H20FNO5S. The van der Waals surface area contributed by atoms with Gasteiger partial charge in [0.15, 0.2) is 0 Å². The lowest BCUT2D eigenvalue weighted by atomic mass is 10.1. The van der Waals surface area contributed by atoms with Crippen LogP contribution in [0.3, 0.4) is 0 Å². The molecule has 0 aromatic heterocycles. The Labute approximate surface area is 151 Å². The predicted molar refractivity (Wildman–Crippen MR) is 94.9 cm³/mol. The Morgan fingerprint density at radius 1 is 1.23 bits per heavy atom. The van der Waals surface area contributed by atoms with E-state index in [1.54, 1.807) is 0 Å². The number of hydrogen-bond donors (Lipinski definition) is 0. The summed E-state index contributed by atoms with van der Waals surface area (Å²) in [6.45, 7) is 0.00822. The number of piperidine rings is 1. The zero-order valence-electron chi connectivity index (χ0n) is 14.3. The van der Waals surface area contributed by atoms with Crippen molar-refractivity contribution in [1.82, 2.24) is 4.90 Å². The molecule has 1 heterocycles. The third kappa shape index (κ3) is 4.70. The second-order valence-corrected chi connectivity index (χ2v) is 7.93. The van der Waals surface area contributed by atoms with Crippen LogP contribution >= 0.6 is 0 Å². The molecule has 0 aliphatic carbocycles. The molecular weight excluding hydrogens is 361 g/mol. The second kappa shape index (κ2) is 7.59. The highest BCUT2D eigenvalue weighted by Gasteiger charge is 2.35. The number of benzene rings is 2. The van der Waals surface area contributed by atoms with Crippen LogP contribution in [-0.2, 0) is 25.6 Å². The zero-order valence-corrected chi connectivity index (χ0v) is 15.1. The number of amides is 1. The van der Waals surface area contributed by atoms with Gasteiger partial charge in [-0.2, -0.15) is 8.42 Å². The summed E-state index contributed by atoms with van der Waals surface area (Å²) in [6, 6.07) is 13.6. The minimum Gasteiger partial charge on any atom is -0.445 e. The van der Waals surface area contributed by atoms with Crippen molar-refractivity contribution in [3.8, 4) is 0 Å². The summed E-state index contributed by atoms with van der Waals surface area (Å²) in [7, 11) is -3.73. The van der Waals surface area contributed by atoms with Crippen molar-refractivity contribution < 1.29 is 26.5 Å². The lowest BCUT2D eigenvalue weighted by Gasteiger charge is -2.33. The Balaban J connectivity index is 1.55. The van der Waals surface area contributed by atoms with Crippen molar-refractivity contribution >= 4 is 27.0 Å². The van der Waals surface area contributed by atoms with E-state index >= 15 is 0 Å². The maximum Gasteiger partial charge on any atom is 0.410 e. The zero-order chi connectivity index (χ0) is 18.7. The van der Waals surface area contributed by atoms with Gasteiger partial charge in [0.05, 0.1) is 12.8 Å². The summed E-state index contributed by atoms with van der Waals surface area (Å²) >= 11 is 0. The van der Waals surface area contributed by atoms with Crippen LogP contribution in [0.5, 0.6) is 0 Å². The number of halogens is 1. The van der Waals surface area contributed by atoms with Gasteiger partial charge >= 0.3 is 6.09 Å². The third-order valence-corrected chi connectivity index (χ3v) is 4.81. The van der Waals surface area contributed by atoms with Crippen LogP contribution in [-0.4, -0.2) is 51.0 Å². The van der Waals surface area contributed by atoms with Crippen LogP contribution in [0.15, 0.2) is 42.5 Å². The number of nitrogens with zero attached hydrogens (tertiary/aromatic N) is 1. The highest BCUT2D eigenvalue weighted by Crippen LogP contribution is 2.20. The van der Waals surface area contributed by atoms with Crippen LogP contribution in [0.1, 0.15) is 12.0 Å². The molecule has 1 aliphatic rings. The van der Waals surface area contributed by atoms with Gasteiger partial charge in [-0.1, -0.05) is 36.4 Å². The molecule has 0 bridgehead atoms. The number of carbonyl (C=O) groups excluding carboxylic acids is 1. The van der Waals surface area contributed by atoms with E-state index in [9.17, 15) is 17.6 Å². The molecule has 6 nitrogen and oxygen atoms in total. The largest absolute Gasteiger partial charge is 0.445 e. The van der Waals surface area contributed by atoms with E-state index in [0.717, 1.165) is 22.6 Å². The van der Waals surface area contributed by atoms with E-state index in [1.165, 1.54) is 4.90 Å². The average Bonchev–Trinajstić information content (AvgIpc) is 2.60. The monoisotopic (exact) mass is 381 g/mol. The molecule has 2 aromatic carbocycles. The summed E-state index contributed by atoms with van der Waals surface area (Å²) < 4.78 is 46.3. The molecule has 0 saturated carbocycles. The van der Waals surface area contributed by atoms with Gasteiger partial charge in [0.1, 0.15) is 18.9 Å². The Hall–Kier alpha value is -2.19. The molecule has 0 radical (unpaired) electrons. The number of fused-ring (bicyclic) bond motifs is 1. The molecule has 1 saturated heterocycles. The van der Waals surface area contributed by atoms with Gasteiger partial charge in [0, 0.05) is 6.54 Å². The molecule has 140 valence electrons. The highest BCUT2D eigenvalue weighted by molar-refractivity contribution is 7.86. The number of alkyl halides is 1. The van der Waals surface area contributed by atoms with Gasteiger partial charge in [0.25, 0.3) is 10.1 Å². The Morgan fingerprint density at radius 3 is 2.65 bits per heavy atom. The molecule has 1 aliphatic heterocycles. The fourth-order valence-corrected chi connectivity index (χ4v) is 3.61. The SMILES string of the molecule is CS(=O)(=O)O[C@H]1CCN(C(=O)OCc2ccc3ccccc3c2)C[C@H]1F. The lowest BCUT2D eigenvalue weighted by molar-refractivity contribution is 0.0180. The first-order valence-corrected chi connectivity index (χ1v) is 10.1. The van der Waals surface area contributed by atoms with E-state index in [-0.39, 0.29) is 26.1 Å². The van der Waals surface area contributed by atoms with Crippen molar-refractivity contribution in [2.24, 2.45) is 0 Å². The van der Waals surface area contributed by atoms with E-state index in [2.05, 4.69) is 0 Å². The summed E-state index contributed by atoms with van der Waals surface area (Å²) in [6.07, 6.45) is -2.29. The summed E-state index contributed by atoms with van der Waals surface area (Å²) in [5.74, 6) is 0. The standard InChI is InChI=1S/C18H20FNO5S/c1-26(22,23)25-17-8-9-20(11-16(17)19)18(21)24-12-13-6-7-14-4-2-3-5-15(14)10-13/h2-7,10,16-17H,8-9,11-12H2,1H3/t16-,17+/m1/s1. The number of hydrogen-bond acceptors (Lipinski definition) is 5. The normalized spacial score (nSPS) is 20.9. The molecule has 2 aromatic rings. The van der Waals surface area contributed by atoms with Crippen molar-refractivity contribution in [1.29, 1.82) is 0 Å². The number of rotatable bonds is 4. The smallest absolute Gasteiger partial charge is 0.410 e.